The number of hydrogen-bond acceptors (Lipinski definition) is 4. The summed E-state index contributed by atoms with van der Waals surface area (Å²) in [5.74, 6) is 1.17. The Hall–Kier alpha value is -2.38. The van der Waals surface area contributed by atoms with E-state index in [9.17, 15) is 0 Å². The number of pyridine rings is 1. The molecule has 4 heteroatoms. The van der Waals surface area contributed by atoms with Gasteiger partial charge in [0.25, 0.3) is 0 Å². The molecule has 2 heterocycles. The lowest BCUT2D eigenvalue weighted by atomic mass is 9.94. The highest BCUT2D eigenvalue weighted by Gasteiger charge is 2.16. The number of nitriles is 1. The Labute approximate surface area is 130 Å². The second-order valence-electron chi connectivity index (χ2n) is 5.53. The minimum absolute atomic E-state index is 0.429. The van der Waals surface area contributed by atoms with Crippen molar-refractivity contribution >= 4 is 0 Å². The zero-order valence-corrected chi connectivity index (χ0v) is 12.5. The molecule has 0 bridgehead atoms. The van der Waals surface area contributed by atoms with Gasteiger partial charge in [-0.2, -0.15) is 5.26 Å². The summed E-state index contributed by atoms with van der Waals surface area (Å²) in [6.07, 6.45) is 2.25. The third-order valence-electron chi connectivity index (χ3n) is 3.95. The molecule has 0 aliphatic carbocycles. The van der Waals surface area contributed by atoms with E-state index in [1.54, 1.807) is 6.07 Å². The smallest absolute Gasteiger partial charge is 0.213 e. The Morgan fingerprint density at radius 1 is 1.18 bits per heavy atom. The minimum atomic E-state index is 0.429. The van der Waals surface area contributed by atoms with Crippen molar-refractivity contribution in [2.75, 3.05) is 13.1 Å². The van der Waals surface area contributed by atoms with Crippen LogP contribution in [0.4, 0.5) is 0 Å². The van der Waals surface area contributed by atoms with E-state index >= 15 is 0 Å². The van der Waals surface area contributed by atoms with Crippen LogP contribution >= 0.6 is 0 Å². The predicted octanol–water partition coefficient (Wildman–Crippen LogP) is 3.00. The summed E-state index contributed by atoms with van der Waals surface area (Å²) >= 11 is 0. The van der Waals surface area contributed by atoms with E-state index in [0.29, 0.717) is 24.0 Å². The van der Waals surface area contributed by atoms with Gasteiger partial charge in [-0.15, -0.1) is 0 Å². The third kappa shape index (κ3) is 3.63. The maximum absolute atomic E-state index is 8.92. The van der Waals surface area contributed by atoms with Crippen molar-refractivity contribution in [3.8, 4) is 11.9 Å². The molecule has 0 radical (unpaired) electrons. The summed E-state index contributed by atoms with van der Waals surface area (Å²) in [4.78, 5) is 4.64. The largest absolute Gasteiger partial charge is 0.473 e. The summed E-state index contributed by atoms with van der Waals surface area (Å²) in [6, 6.07) is 15.6. The first-order valence-electron chi connectivity index (χ1n) is 7.64. The molecule has 1 aromatic carbocycles. The number of hydrogen-bond donors (Lipinski definition) is 1. The topological polar surface area (TPSA) is 57.9 Å². The molecule has 1 aliphatic rings. The molecule has 0 amide bonds. The van der Waals surface area contributed by atoms with Crippen LogP contribution < -0.4 is 10.1 Å². The highest BCUT2D eigenvalue weighted by molar-refractivity contribution is 5.32. The van der Waals surface area contributed by atoms with Crippen molar-refractivity contribution in [2.45, 2.75) is 25.4 Å². The number of nitrogens with zero attached hydrogens (tertiary/aromatic N) is 2. The summed E-state index contributed by atoms with van der Waals surface area (Å²) in [6.45, 7) is 2.54. The van der Waals surface area contributed by atoms with Crippen LogP contribution in [0.1, 0.15) is 35.6 Å². The average molecular weight is 293 g/mol. The van der Waals surface area contributed by atoms with Gasteiger partial charge in [-0.05, 0) is 49.7 Å². The molecule has 1 aromatic heterocycles. The van der Waals surface area contributed by atoms with Gasteiger partial charge < -0.3 is 10.1 Å². The fraction of sp³-hybridized carbons (Fsp3) is 0.333. The second-order valence-corrected chi connectivity index (χ2v) is 5.53. The Balaban J connectivity index is 1.66. The molecule has 2 aromatic rings. The Morgan fingerprint density at radius 2 is 2.00 bits per heavy atom. The van der Waals surface area contributed by atoms with Gasteiger partial charge in [0.1, 0.15) is 6.61 Å². The first-order valence-corrected chi connectivity index (χ1v) is 7.64. The molecule has 0 saturated carbocycles. The second kappa shape index (κ2) is 7.06. The molecule has 112 valence electrons. The highest BCUT2D eigenvalue weighted by Crippen LogP contribution is 2.25. The third-order valence-corrected chi connectivity index (χ3v) is 3.95. The number of rotatable bonds is 4. The van der Waals surface area contributed by atoms with Crippen molar-refractivity contribution in [1.82, 2.24) is 10.3 Å². The fourth-order valence-electron chi connectivity index (χ4n) is 2.74. The molecule has 0 spiro atoms. The van der Waals surface area contributed by atoms with E-state index in [2.05, 4.69) is 22.4 Å². The zero-order valence-electron chi connectivity index (χ0n) is 12.5. The minimum Gasteiger partial charge on any atom is -0.473 e. The van der Waals surface area contributed by atoms with Gasteiger partial charge in [-0.25, -0.2) is 4.98 Å². The molecule has 3 rings (SSSR count). The molecule has 1 saturated heterocycles. The number of nitrogens with one attached hydrogen (secondary N) is 1. The maximum atomic E-state index is 8.92. The average Bonchev–Trinajstić information content (AvgIpc) is 2.61. The first-order chi connectivity index (χ1) is 10.8. The van der Waals surface area contributed by atoms with E-state index in [1.807, 2.05) is 30.3 Å². The molecule has 4 nitrogen and oxygen atoms in total. The van der Waals surface area contributed by atoms with Crippen molar-refractivity contribution in [3.05, 3.63) is 59.3 Å². The van der Waals surface area contributed by atoms with Crippen LogP contribution in [0.3, 0.4) is 0 Å². The number of benzene rings is 1. The fourth-order valence-corrected chi connectivity index (χ4v) is 2.74. The monoisotopic (exact) mass is 293 g/mol. The summed E-state index contributed by atoms with van der Waals surface area (Å²) in [5, 5.41) is 12.3. The molecule has 1 aliphatic heterocycles. The van der Waals surface area contributed by atoms with Gasteiger partial charge in [0.15, 0.2) is 0 Å². The van der Waals surface area contributed by atoms with E-state index in [0.717, 1.165) is 37.2 Å². The lowest BCUT2D eigenvalue weighted by molar-refractivity contribution is 0.291. The van der Waals surface area contributed by atoms with Crippen LogP contribution in [0.5, 0.6) is 5.88 Å². The number of piperidine rings is 1. The van der Waals surface area contributed by atoms with Gasteiger partial charge in [-0.3, -0.25) is 0 Å². The van der Waals surface area contributed by atoms with E-state index in [1.165, 1.54) is 0 Å². The van der Waals surface area contributed by atoms with Crippen LogP contribution in [-0.2, 0) is 6.61 Å². The van der Waals surface area contributed by atoms with E-state index < -0.39 is 0 Å². The van der Waals surface area contributed by atoms with E-state index in [4.69, 9.17) is 10.00 Å². The van der Waals surface area contributed by atoms with Crippen molar-refractivity contribution in [2.24, 2.45) is 0 Å². The Morgan fingerprint density at radius 3 is 2.82 bits per heavy atom. The lowest BCUT2D eigenvalue weighted by Gasteiger charge is -2.22. The maximum Gasteiger partial charge on any atom is 0.213 e. The quantitative estimate of drug-likeness (QED) is 0.941. The Kier molecular flexibility index (Phi) is 4.67. The molecular formula is C18H19N3O. The molecular weight excluding hydrogens is 274 g/mol. The van der Waals surface area contributed by atoms with Crippen molar-refractivity contribution in [1.29, 1.82) is 5.26 Å². The molecule has 1 N–H and O–H groups in total. The van der Waals surface area contributed by atoms with E-state index in [-0.39, 0.29) is 0 Å². The summed E-state index contributed by atoms with van der Waals surface area (Å²) < 4.78 is 5.79. The van der Waals surface area contributed by atoms with Gasteiger partial charge in [0.2, 0.25) is 5.88 Å². The highest BCUT2D eigenvalue weighted by atomic mass is 16.5. The number of aromatic nitrogens is 1. The Bertz CT molecular complexity index is 672. The van der Waals surface area contributed by atoms with Crippen LogP contribution in [0.25, 0.3) is 0 Å². The first kappa shape index (κ1) is 14.6. The molecule has 1 fully saturated rings. The van der Waals surface area contributed by atoms with Gasteiger partial charge >= 0.3 is 0 Å². The molecule has 0 unspecified atom stereocenters. The van der Waals surface area contributed by atoms with Crippen LogP contribution in [-0.4, -0.2) is 18.1 Å². The predicted molar refractivity (Wildman–Crippen MR) is 84.6 cm³/mol. The van der Waals surface area contributed by atoms with Crippen LogP contribution in [0.2, 0.25) is 0 Å². The van der Waals surface area contributed by atoms with Gasteiger partial charge in [-0.1, -0.05) is 18.2 Å². The summed E-state index contributed by atoms with van der Waals surface area (Å²) in [5.41, 5.74) is 2.75. The van der Waals surface area contributed by atoms with Gasteiger partial charge in [0, 0.05) is 17.7 Å². The van der Waals surface area contributed by atoms with Crippen LogP contribution in [0, 0.1) is 11.3 Å². The van der Waals surface area contributed by atoms with Crippen LogP contribution in [0.15, 0.2) is 42.5 Å². The molecule has 22 heavy (non-hydrogen) atoms. The van der Waals surface area contributed by atoms with Gasteiger partial charge in [0.05, 0.1) is 11.6 Å². The molecule has 0 atom stereocenters. The SMILES string of the molecule is N#Cc1cccc(COc2cccc(C3CCNCC3)n2)c1. The van der Waals surface area contributed by atoms with Crippen molar-refractivity contribution < 1.29 is 4.74 Å². The number of ether oxygens (including phenoxy) is 1. The normalized spacial score (nSPS) is 15.2. The standard InChI is InChI=1S/C18H19N3O/c19-12-14-3-1-4-15(11-14)13-22-18-6-2-5-17(21-18)16-7-9-20-10-8-16/h1-6,11,16,20H,7-10,13H2. The lowest BCUT2D eigenvalue weighted by Crippen LogP contribution is -2.27. The summed E-state index contributed by atoms with van der Waals surface area (Å²) in [7, 11) is 0. The van der Waals surface area contributed by atoms with Crippen molar-refractivity contribution in [3.63, 3.8) is 0 Å². The zero-order chi connectivity index (χ0) is 15.2.